The number of amides is 3. The first kappa shape index (κ1) is 20.1. The Kier molecular flexibility index (Phi) is 5.07. The van der Waals surface area contributed by atoms with E-state index in [9.17, 15) is 14.4 Å². The van der Waals surface area contributed by atoms with E-state index in [0.29, 0.717) is 33.9 Å². The standard InChI is InChI=1S/C23H17N7O3/c31-21-13-29(20-8-4-2-6-18(20)26-21)23(33)15-9-11-16(12-10-15)25-22(32)17-5-1-3-7-19(17)30-14-24-27-28-30/h1-12,14H,13H2,(H,25,32)(H,26,31). The summed E-state index contributed by atoms with van der Waals surface area (Å²) in [5.74, 6) is -0.909. The van der Waals surface area contributed by atoms with Gasteiger partial charge in [-0.25, -0.2) is 0 Å². The van der Waals surface area contributed by atoms with Crippen molar-refractivity contribution in [3.63, 3.8) is 0 Å². The number of fused-ring (bicyclic) bond motifs is 1. The summed E-state index contributed by atoms with van der Waals surface area (Å²) in [7, 11) is 0. The van der Waals surface area contributed by atoms with E-state index in [0.717, 1.165) is 0 Å². The molecule has 0 atom stereocenters. The Morgan fingerprint density at radius 3 is 2.39 bits per heavy atom. The number of aromatic nitrogens is 4. The summed E-state index contributed by atoms with van der Waals surface area (Å²) in [5, 5.41) is 16.6. The van der Waals surface area contributed by atoms with Crippen molar-refractivity contribution in [3.05, 3.63) is 90.3 Å². The van der Waals surface area contributed by atoms with Crippen molar-refractivity contribution in [2.75, 3.05) is 22.1 Å². The van der Waals surface area contributed by atoms with Gasteiger partial charge in [-0.2, -0.15) is 4.68 Å². The molecule has 0 aliphatic carbocycles. The number of hydrogen-bond acceptors (Lipinski definition) is 6. The van der Waals surface area contributed by atoms with E-state index < -0.39 is 0 Å². The number of para-hydroxylation sites is 3. The van der Waals surface area contributed by atoms with E-state index >= 15 is 0 Å². The van der Waals surface area contributed by atoms with Crippen LogP contribution in [-0.2, 0) is 4.79 Å². The highest BCUT2D eigenvalue weighted by atomic mass is 16.2. The van der Waals surface area contributed by atoms with Gasteiger partial charge in [0.2, 0.25) is 5.91 Å². The van der Waals surface area contributed by atoms with Crippen LogP contribution in [0.4, 0.5) is 17.1 Å². The molecule has 33 heavy (non-hydrogen) atoms. The van der Waals surface area contributed by atoms with Crippen LogP contribution in [0.2, 0.25) is 0 Å². The fraction of sp³-hybridized carbons (Fsp3) is 0.0435. The molecule has 5 rings (SSSR count). The predicted octanol–water partition coefficient (Wildman–Crippen LogP) is 2.51. The number of carbonyl (C=O) groups excluding carboxylic acids is 3. The van der Waals surface area contributed by atoms with Crippen LogP contribution in [0.15, 0.2) is 79.1 Å². The van der Waals surface area contributed by atoms with Crippen LogP contribution in [0.1, 0.15) is 20.7 Å². The minimum Gasteiger partial charge on any atom is -0.323 e. The number of hydrogen-bond donors (Lipinski definition) is 2. The zero-order valence-corrected chi connectivity index (χ0v) is 17.2. The fourth-order valence-electron chi connectivity index (χ4n) is 3.60. The predicted molar refractivity (Wildman–Crippen MR) is 120 cm³/mol. The molecule has 162 valence electrons. The summed E-state index contributed by atoms with van der Waals surface area (Å²) in [4.78, 5) is 39.4. The lowest BCUT2D eigenvalue weighted by Crippen LogP contribution is -2.42. The maximum Gasteiger partial charge on any atom is 0.258 e. The normalized spacial score (nSPS) is 12.6. The van der Waals surface area contributed by atoms with Crippen molar-refractivity contribution in [3.8, 4) is 5.69 Å². The molecule has 1 aliphatic heterocycles. The van der Waals surface area contributed by atoms with Crippen LogP contribution >= 0.6 is 0 Å². The van der Waals surface area contributed by atoms with Crippen LogP contribution in [0.25, 0.3) is 5.69 Å². The van der Waals surface area contributed by atoms with Crippen LogP contribution < -0.4 is 15.5 Å². The lowest BCUT2D eigenvalue weighted by atomic mass is 10.1. The number of tetrazole rings is 1. The van der Waals surface area contributed by atoms with Crippen LogP contribution in [0.5, 0.6) is 0 Å². The Bertz CT molecular complexity index is 1350. The average molecular weight is 439 g/mol. The summed E-state index contributed by atoms with van der Waals surface area (Å²) < 4.78 is 1.41. The molecule has 0 radical (unpaired) electrons. The summed E-state index contributed by atoms with van der Waals surface area (Å²) in [6.45, 7) is -0.0672. The summed E-state index contributed by atoms with van der Waals surface area (Å²) in [5.41, 5.74) is 3.06. The quantitative estimate of drug-likeness (QED) is 0.504. The number of nitrogens with one attached hydrogen (secondary N) is 2. The van der Waals surface area contributed by atoms with Gasteiger partial charge < -0.3 is 10.6 Å². The smallest absolute Gasteiger partial charge is 0.258 e. The number of benzene rings is 3. The first-order valence-electron chi connectivity index (χ1n) is 10.0. The number of carbonyl (C=O) groups is 3. The van der Waals surface area contributed by atoms with E-state index in [1.54, 1.807) is 66.7 Å². The van der Waals surface area contributed by atoms with Gasteiger partial charge in [0.05, 0.1) is 22.6 Å². The van der Waals surface area contributed by atoms with E-state index in [2.05, 4.69) is 26.2 Å². The van der Waals surface area contributed by atoms with Crippen molar-refractivity contribution in [1.82, 2.24) is 20.2 Å². The van der Waals surface area contributed by atoms with Gasteiger partial charge in [0.1, 0.15) is 12.9 Å². The van der Waals surface area contributed by atoms with Crippen LogP contribution in [-0.4, -0.2) is 44.5 Å². The number of nitrogens with zero attached hydrogens (tertiary/aromatic N) is 5. The molecule has 10 nitrogen and oxygen atoms in total. The van der Waals surface area contributed by atoms with E-state index in [1.807, 2.05) is 6.07 Å². The van der Waals surface area contributed by atoms with Gasteiger partial charge >= 0.3 is 0 Å². The maximum atomic E-state index is 13.1. The zero-order valence-electron chi connectivity index (χ0n) is 17.2. The third-order valence-corrected chi connectivity index (χ3v) is 5.15. The number of rotatable bonds is 4. The minimum atomic E-state index is -0.346. The second kappa shape index (κ2) is 8.35. The molecule has 3 amide bonds. The first-order chi connectivity index (χ1) is 16.1. The SMILES string of the molecule is O=C1CN(C(=O)c2ccc(NC(=O)c3ccccc3-n3cnnn3)cc2)c2ccccc2N1. The molecule has 0 spiro atoms. The molecule has 0 saturated heterocycles. The Balaban J connectivity index is 1.35. The molecule has 0 unspecified atom stereocenters. The van der Waals surface area contributed by atoms with E-state index in [-0.39, 0.29) is 24.3 Å². The average Bonchev–Trinajstić information content (AvgIpc) is 3.38. The molecule has 1 aliphatic rings. The zero-order chi connectivity index (χ0) is 22.8. The Morgan fingerprint density at radius 1 is 0.909 bits per heavy atom. The Hall–Kier alpha value is -4.86. The van der Waals surface area contributed by atoms with Gasteiger partial charge in [0.15, 0.2) is 0 Å². The molecule has 1 aromatic heterocycles. The summed E-state index contributed by atoms with van der Waals surface area (Å²) in [6.07, 6.45) is 1.41. The molecule has 0 saturated carbocycles. The van der Waals surface area contributed by atoms with Crippen molar-refractivity contribution in [2.45, 2.75) is 0 Å². The van der Waals surface area contributed by atoms with E-state index in [4.69, 9.17) is 0 Å². The summed E-state index contributed by atoms with van der Waals surface area (Å²) >= 11 is 0. The Labute approximate surface area is 187 Å². The van der Waals surface area contributed by atoms with Crippen LogP contribution in [0.3, 0.4) is 0 Å². The molecule has 2 N–H and O–H groups in total. The highest BCUT2D eigenvalue weighted by Gasteiger charge is 2.27. The molecule has 10 heteroatoms. The van der Waals surface area contributed by atoms with Crippen molar-refractivity contribution < 1.29 is 14.4 Å². The van der Waals surface area contributed by atoms with Gasteiger partial charge in [-0.05, 0) is 59.0 Å². The van der Waals surface area contributed by atoms with E-state index in [1.165, 1.54) is 15.9 Å². The van der Waals surface area contributed by atoms with Gasteiger partial charge in [0.25, 0.3) is 11.8 Å². The first-order valence-corrected chi connectivity index (χ1v) is 10.0. The summed E-state index contributed by atoms with van der Waals surface area (Å²) in [6, 6.07) is 20.6. The highest BCUT2D eigenvalue weighted by molar-refractivity contribution is 6.15. The highest BCUT2D eigenvalue weighted by Crippen LogP contribution is 2.30. The van der Waals surface area contributed by atoms with Crippen molar-refractivity contribution in [2.24, 2.45) is 0 Å². The van der Waals surface area contributed by atoms with Gasteiger partial charge in [0, 0.05) is 11.3 Å². The van der Waals surface area contributed by atoms with Crippen molar-refractivity contribution in [1.29, 1.82) is 0 Å². The second-order valence-electron chi connectivity index (χ2n) is 7.26. The molecule has 3 aromatic carbocycles. The lowest BCUT2D eigenvalue weighted by Gasteiger charge is -2.29. The monoisotopic (exact) mass is 439 g/mol. The molecular weight excluding hydrogens is 422 g/mol. The third-order valence-electron chi connectivity index (χ3n) is 5.15. The molecular formula is C23H17N7O3. The minimum absolute atomic E-state index is 0.0672. The lowest BCUT2D eigenvalue weighted by molar-refractivity contribution is -0.115. The number of anilines is 3. The largest absolute Gasteiger partial charge is 0.323 e. The molecule has 4 aromatic rings. The van der Waals surface area contributed by atoms with Gasteiger partial charge in [-0.1, -0.05) is 24.3 Å². The fourth-order valence-corrected chi connectivity index (χ4v) is 3.60. The molecule has 0 bridgehead atoms. The van der Waals surface area contributed by atoms with Gasteiger partial charge in [-0.3, -0.25) is 19.3 Å². The second-order valence-corrected chi connectivity index (χ2v) is 7.26. The third kappa shape index (κ3) is 3.92. The topological polar surface area (TPSA) is 122 Å². The molecule has 2 heterocycles. The van der Waals surface area contributed by atoms with Crippen molar-refractivity contribution >= 4 is 34.8 Å². The maximum absolute atomic E-state index is 13.1. The van der Waals surface area contributed by atoms with Crippen LogP contribution in [0, 0.1) is 0 Å². The molecule has 0 fully saturated rings. The van der Waals surface area contributed by atoms with Gasteiger partial charge in [-0.15, -0.1) is 5.10 Å². The Morgan fingerprint density at radius 2 is 1.64 bits per heavy atom.